The quantitative estimate of drug-likeness (QED) is 0.167. The van der Waals surface area contributed by atoms with E-state index in [0.717, 1.165) is 43.4 Å². The molecule has 0 aliphatic rings. The standard InChI is InChI=1S/C25H15F3O3S/c26-25(27,28)32(29,30)31-18-12-9-16(10-13-18)17-11-14-23-21-7-2-1-5-19(21)20-6-3-4-8-22(20)24(23)15-17/h1-15H. The van der Waals surface area contributed by atoms with E-state index in [4.69, 9.17) is 0 Å². The Labute approximate surface area is 181 Å². The molecule has 5 aromatic carbocycles. The van der Waals surface area contributed by atoms with Gasteiger partial charge in [0.05, 0.1) is 0 Å². The Bertz CT molecular complexity index is 1550. The molecule has 7 heteroatoms. The molecule has 5 rings (SSSR count). The SMILES string of the molecule is O=S(=O)(Oc1ccc(-c2ccc3c4ccccc4c4ccccc4c3c2)cc1)C(F)(F)F. The molecular weight excluding hydrogens is 437 g/mol. The van der Waals surface area contributed by atoms with Crippen LogP contribution < -0.4 is 4.18 Å². The predicted octanol–water partition coefficient (Wildman–Crippen LogP) is 7.04. The van der Waals surface area contributed by atoms with Gasteiger partial charge in [-0.3, -0.25) is 0 Å². The van der Waals surface area contributed by atoms with Gasteiger partial charge in [0.2, 0.25) is 0 Å². The lowest BCUT2D eigenvalue weighted by Crippen LogP contribution is -2.28. The van der Waals surface area contributed by atoms with Crippen molar-refractivity contribution in [2.75, 3.05) is 0 Å². The molecule has 0 aliphatic carbocycles. The second-order valence-corrected chi connectivity index (χ2v) is 8.90. The van der Waals surface area contributed by atoms with Gasteiger partial charge in [-0.05, 0) is 61.6 Å². The zero-order chi connectivity index (χ0) is 22.5. The van der Waals surface area contributed by atoms with Crippen LogP contribution in [0.3, 0.4) is 0 Å². The van der Waals surface area contributed by atoms with Gasteiger partial charge in [0.25, 0.3) is 0 Å². The molecule has 0 radical (unpaired) electrons. The molecule has 0 aliphatic heterocycles. The van der Waals surface area contributed by atoms with Crippen molar-refractivity contribution in [3.05, 3.63) is 91.0 Å². The fourth-order valence-electron chi connectivity index (χ4n) is 3.96. The average Bonchev–Trinajstić information content (AvgIpc) is 2.78. The minimum atomic E-state index is -5.70. The van der Waals surface area contributed by atoms with Crippen molar-refractivity contribution in [1.82, 2.24) is 0 Å². The predicted molar refractivity (Wildman–Crippen MR) is 120 cm³/mol. The summed E-state index contributed by atoms with van der Waals surface area (Å²) in [5, 5.41) is 6.67. The lowest BCUT2D eigenvalue weighted by Gasteiger charge is -2.12. The first kappa shape index (κ1) is 20.3. The zero-order valence-corrected chi connectivity index (χ0v) is 17.2. The van der Waals surface area contributed by atoms with E-state index in [2.05, 4.69) is 28.4 Å². The molecule has 5 aromatic rings. The summed E-state index contributed by atoms with van der Waals surface area (Å²) in [5.74, 6) is -0.400. The van der Waals surface area contributed by atoms with Gasteiger partial charge in [0.1, 0.15) is 5.75 Å². The van der Waals surface area contributed by atoms with Gasteiger partial charge in [-0.2, -0.15) is 21.6 Å². The Morgan fingerprint density at radius 1 is 0.562 bits per heavy atom. The Hall–Kier alpha value is -3.58. The highest BCUT2D eigenvalue weighted by molar-refractivity contribution is 7.88. The van der Waals surface area contributed by atoms with Crippen molar-refractivity contribution in [2.24, 2.45) is 0 Å². The molecule has 0 amide bonds. The van der Waals surface area contributed by atoms with Crippen LogP contribution in [0.4, 0.5) is 13.2 Å². The van der Waals surface area contributed by atoms with E-state index >= 15 is 0 Å². The first-order valence-electron chi connectivity index (χ1n) is 9.69. The molecule has 0 aromatic heterocycles. The highest BCUT2D eigenvalue weighted by Crippen LogP contribution is 2.37. The molecule has 3 nitrogen and oxygen atoms in total. The van der Waals surface area contributed by atoms with Crippen LogP contribution in [0.5, 0.6) is 5.75 Å². The topological polar surface area (TPSA) is 43.4 Å². The number of halogens is 3. The Morgan fingerprint density at radius 2 is 1.00 bits per heavy atom. The largest absolute Gasteiger partial charge is 0.534 e. The summed E-state index contributed by atoms with van der Waals surface area (Å²) >= 11 is 0. The molecule has 0 bridgehead atoms. The van der Waals surface area contributed by atoms with Crippen molar-refractivity contribution in [3.63, 3.8) is 0 Å². The first-order valence-corrected chi connectivity index (χ1v) is 11.1. The van der Waals surface area contributed by atoms with Crippen molar-refractivity contribution in [2.45, 2.75) is 5.51 Å². The average molecular weight is 452 g/mol. The highest BCUT2D eigenvalue weighted by atomic mass is 32.2. The van der Waals surface area contributed by atoms with Gasteiger partial charge in [-0.1, -0.05) is 72.8 Å². The summed E-state index contributed by atoms with van der Waals surface area (Å²) < 4.78 is 64.2. The van der Waals surface area contributed by atoms with Crippen LogP contribution in [-0.2, 0) is 10.1 Å². The van der Waals surface area contributed by atoms with Crippen LogP contribution in [0.25, 0.3) is 43.4 Å². The number of alkyl halides is 3. The summed E-state index contributed by atoms with van der Waals surface area (Å²) in [6.07, 6.45) is 0. The van der Waals surface area contributed by atoms with E-state index < -0.39 is 21.4 Å². The summed E-state index contributed by atoms with van der Waals surface area (Å²) in [6, 6.07) is 27.8. The lowest BCUT2D eigenvalue weighted by atomic mass is 9.92. The van der Waals surface area contributed by atoms with Crippen LogP contribution in [0.2, 0.25) is 0 Å². The van der Waals surface area contributed by atoms with Crippen molar-refractivity contribution < 1.29 is 25.8 Å². The van der Waals surface area contributed by atoms with E-state index in [1.807, 2.05) is 42.5 Å². The van der Waals surface area contributed by atoms with Gasteiger partial charge in [-0.15, -0.1) is 0 Å². The summed E-state index contributed by atoms with van der Waals surface area (Å²) in [4.78, 5) is 0. The third-order valence-electron chi connectivity index (χ3n) is 5.42. The fourth-order valence-corrected chi connectivity index (χ4v) is 4.42. The number of rotatable bonds is 3. The minimum absolute atomic E-state index is 0.400. The highest BCUT2D eigenvalue weighted by Gasteiger charge is 2.48. The van der Waals surface area contributed by atoms with Crippen LogP contribution in [0.1, 0.15) is 0 Å². The molecule has 0 heterocycles. The van der Waals surface area contributed by atoms with E-state index in [0.29, 0.717) is 0 Å². The smallest absolute Gasteiger partial charge is 0.376 e. The maximum absolute atomic E-state index is 12.5. The second kappa shape index (κ2) is 7.24. The number of hydrogen-bond donors (Lipinski definition) is 0. The Balaban J connectivity index is 1.62. The molecule has 0 spiro atoms. The second-order valence-electron chi connectivity index (χ2n) is 7.36. The van der Waals surface area contributed by atoms with E-state index in [-0.39, 0.29) is 0 Å². The maximum Gasteiger partial charge on any atom is 0.534 e. The molecule has 0 saturated heterocycles. The molecular formula is C25H15F3O3S. The summed E-state index contributed by atoms with van der Waals surface area (Å²) in [5.41, 5.74) is -3.91. The van der Waals surface area contributed by atoms with Gasteiger partial charge < -0.3 is 4.18 Å². The monoisotopic (exact) mass is 452 g/mol. The normalized spacial score (nSPS) is 12.5. The Morgan fingerprint density at radius 3 is 1.50 bits per heavy atom. The van der Waals surface area contributed by atoms with E-state index in [1.54, 1.807) is 0 Å². The third kappa shape index (κ3) is 3.35. The molecule has 0 unspecified atom stereocenters. The van der Waals surface area contributed by atoms with E-state index in [1.165, 1.54) is 24.3 Å². The van der Waals surface area contributed by atoms with Crippen molar-refractivity contribution in [3.8, 4) is 16.9 Å². The lowest BCUT2D eigenvalue weighted by molar-refractivity contribution is -0.0500. The molecule has 0 atom stereocenters. The summed E-state index contributed by atoms with van der Waals surface area (Å²) in [6.45, 7) is 0. The molecule has 0 N–H and O–H groups in total. The third-order valence-corrected chi connectivity index (χ3v) is 6.40. The number of hydrogen-bond acceptors (Lipinski definition) is 3. The van der Waals surface area contributed by atoms with Crippen molar-refractivity contribution >= 4 is 42.4 Å². The molecule has 32 heavy (non-hydrogen) atoms. The van der Waals surface area contributed by atoms with Crippen molar-refractivity contribution in [1.29, 1.82) is 0 Å². The van der Waals surface area contributed by atoms with Gasteiger partial charge in [0.15, 0.2) is 0 Å². The van der Waals surface area contributed by atoms with Gasteiger partial charge >= 0.3 is 15.6 Å². The Kier molecular flexibility index (Phi) is 4.60. The maximum atomic E-state index is 12.5. The molecule has 160 valence electrons. The fraction of sp³-hybridized carbons (Fsp3) is 0.0400. The number of fused-ring (bicyclic) bond motifs is 6. The van der Waals surface area contributed by atoms with Gasteiger partial charge in [-0.25, -0.2) is 0 Å². The zero-order valence-electron chi connectivity index (χ0n) is 16.4. The van der Waals surface area contributed by atoms with E-state index in [9.17, 15) is 21.6 Å². The van der Waals surface area contributed by atoms with Gasteiger partial charge in [0, 0.05) is 0 Å². The van der Waals surface area contributed by atoms with Crippen LogP contribution in [0, 0.1) is 0 Å². The number of benzene rings is 5. The summed E-state index contributed by atoms with van der Waals surface area (Å²) in [7, 11) is -5.70. The first-order chi connectivity index (χ1) is 15.2. The molecule has 0 saturated carbocycles. The van der Waals surface area contributed by atoms with Crippen LogP contribution in [-0.4, -0.2) is 13.9 Å². The van der Waals surface area contributed by atoms with Crippen LogP contribution >= 0.6 is 0 Å². The minimum Gasteiger partial charge on any atom is -0.376 e. The van der Waals surface area contributed by atoms with Crippen LogP contribution in [0.15, 0.2) is 91.0 Å². The molecule has 0 fully saturated rings.